The highest BCUT2D eigenvalue weighted by molar-refractivity contribution is 7.92. The molecule has 7 nitrogen and oxygen atoms in total. The van der Waals surface area contributed by atoms with Gasteiger partial charge in [0.15, 0.2) is 0 Å². The Hall–Kier alpha value is -2.29. The van der Waals surface area contributed by atoms with Crippen LogP contribution in [0.25, 0.3) is 0 Å². The molecule has 0 fully saturated rings. The second-order valence-corrected chi connectivity index (χ2v) is 11.4. The summed E-state index contributed by atoms with van der Waals surface area (Å²) >= 11 is 12.3. The van der Waals surface area contributed by atoms with Crippen molar-refractivity contribution in [1.82, 2.24) is 10.2 Å². The molecule has 1 atom stereocenters. The molecule has 0 bridgehead atoms. The van der Waals surface area contributed by atoms with Crippen LogP contribution in [-0.2, 0) is 26.2 Å². The van der Waals surface area contributed by atoms with Crippen molar-refractivity contribution in [1.29, 1.82) is 0 Å². The molecule has 0 aliphatic heterocycles. The molecule has 0 heterocycles. The van der Waals surface area contributed by atoms with Gasteiger partial charge >= 0.3 is 0 Å². The van der Waals surface area contributed by atoms with Gasteiger partial charge in [-0.15, -0.1) is 0 Å². The van der Waals surface area contributed by atoms with Crippen LogP contribution in [0.1, 0.15) is 31.9 Å². The first-order chi connectivity index (χ1) is 15.8. The number of hydrogen-bond donors (Lipinski definition) is 1. The predicted octanol–water partition coefficient (Wildman–Crippen LogP) is 4.26. The molecule has 1 N–H and O–H groups in total. The Kier molecular flexibility index (Phi) is 9.79. The summed E-state index contributed by atoms with van der Waals surface area (Å²) in [6.45, 7) is 7.41. The van der Waals surface area contributed by atoms with Gasteiger partial charge in [-0.05, 0) is 55.2 Å². The second kappa shape index (κ2) is 11.9. The Labute approximate surface area is 212 Å². The van der Waals surface area contributed by atoms with Gasteiger partial charge in [0.2, 0.25) is 21.8 Å². The number of carbonyl (C=O) groups is 2. The van der Waals surface area contributed by atoms with E-state index in [0.29, 0.717) is 22.2 Å². The minimum atomic E-state index is -3.82. The van der Waals surface area contributed by atoms with E-state index < -0.39 is 28.5 Å². The molecule has 2 rings (SSSR count). The average Bonchev–Trinajstić information content (AvgIpc) is 2.74. The van der Waals surface area contributed by atoms with Crippen LogP contribution in [0.3, 0.4) is 0 Å². The number of aryl methyl sites for hydroxylation is 1. The molecule has 0 aliphatic carbocycles. The van der Waals surface area contributed by atoms with Crippen LogP contribution in [0.2, 0.25) is 10.0 Å². The SMILES string of the molecule is Cc1ccc(N(CC(=O)N(Cc2cccc(Cl)c2)C(C)C(=O)NCC(C)C)S(C)(=O)=O)cc1Cl. The Morgan fingerprint density at radius 3 is 2.29 bits per heavy atom. The molecule has 2 aromatic rings. The minimum Gasteiger partial charge on any atom is -0.354 e. The number of amides is 2. The number of sulfonamides is 1. The van der Waals surface area contributed by atoms with E-state index in [0.717, 1.165) is 16.1 Å². The molecule has 0 saturated carbocycles. The zero-order chi connectivity index (χ0) is 25.6. The third-order valence-electron chi connectivity index (χ3n) is 5.22. The van der Waals surface area contributed by atoms with E-state index >= 15 is 0 Å². The summed E-state index contributed by atoms with van der Waals surface area (Å²) in [4.78, 5) is 27.6. The van der Waals surface area contributed by atoms with Crippen LogP contribution in [0.15, 0.2) is 42.5 Å². The number of anilines is 1. The van der Waals surface area contributed by atoms with E-state index in [1.54, 1.807) is 50.2 Å². The second-order valence-electron chi connectivity index (χ2n) is 8.67. The van der Waals surface area contributed by atoms with E-state index in [-0.39, 0.29) is 24.1 Å². The van der Waals surface area contributed by atoms with Gasteiger partial charge < -0.3 is 10.2 Å². The van der Waals surface area contributed by atoms with Gasteiger partial charge in [0.05, 0.1) is 11.9 Å². The first-order valence-electron chi connectivity index (χ1n) is 10.8. The third-order valence-corrected chi connectivity index (χ3v) is 7.00. The lowest BCUT2D eigenvalue weighted by Gasteiger charge is -2.31. The molecular formula is C24H31Cl2N3O4S. The molecule has 1 unspecified atom stereocenters. The predicted molar refractivity (Wildman–Crippen MR) is 138 cm³/mol. The fourth-order valence-corrected chi connectivity index (χ4v) is 4.45. The zero-order valence-electron chi connectivity index (χ0n) is 20.0. The van der Waals surface area contributed by atoms with Gasteiger partial charge in [0.25, 0.3) is 0 Å². The van der Waals surface area contributed by atoms with Crippen LogP contribution in [0.5, 0.6) is 0 Å². The van der Waals surface area contributed by atoms with Crippen LogP contribution < -0.4 is 9.62 Å². The maximum absolute atomic E-state index is 13.5. The van der Waals surface area contributed by atoms with Gasteiger partial charge in [-0.1, -0.05) is 55.2 Å². The van der Waals surface area contributed by atoms with E-state index in [2.05, 4.69) is 5.32 Å². The smallest absolute Gasteiger partial charge is 0.244 e. The summed E-state index contributed by atoms with van der Waals surface area (Å²) in [6.07, 6.45) is 1.02. The van der Waals surface area contributed by atoms with Crippen molar-refractivity contribution in [2.75, 3.05) is 23.7 Å². The zero-order valence-corrected chi connectivity index (χ0v) is 22.3. The van der Waals surface area contributed by atoms with Gasteiger partial charge in [0.1, 0.15) is 12.6 Å². The van der Waals surface area contributed by atoms with E-state index in [4.69, 9.17) is 23.2 Å². The lowest BCUT2D eigenvalue weighted by Crippen LogP contribution is -2.51. The summed E-state index contributed by atoms with van der Waals surface area (Å²) in [5, 5.41) is 3.71. The Balaban J connectivity index is 2.39. The highest BCUT2D eigenvalue weighted by Gasteiger charge is 2.30. The summed E-state index contributed by atoms with van der Waals surface area (Å²) in [7, 11) is -3.82. The maximum Gasteiger partial charge on any atom is 0.244 e. The monoisotopic (exact) mass is 527 g/mol. The highest BCUT2D eigenvalue weighted by Crippen LogP contribution is 2.25. The van der Waals surface area contributed by atoms with Crippen molar-refractivity contribution in [2.24, 2.45) is 5.92 Å². The fourth-order valence-electron chi connectivity index (χ4n) is 3.22. The number of benzene rings is 2. The molecule has 2 aromatic carbocycles. The molecule has 0 aliphatic rings. The van der Waals surface area contributed by atoms with Crippen LogP contribution in [-0.4, -0.2) is 50.5 Å². The Morgan fingerprint density at radius 1 is 1.06 bits per heavy atom. The molecule has 34 heavy (non-hydrogen) atoms. The highest BCUT2D eigenvalue weighted by atomic mass is 35.5. The van der Waals surface area contributed by atoms with Crippen molar-refractivity contribution in [2.45, 2.75) is 40.3 Å². The summed E-state index contributed by atoms with van der Waals surface area (Å²) in [5.41, 5.74) is 1.77. The standard InChI is InChI=1S/C24H31Cl2N3O4S/c1-16(2)13-27-24(31)18(4)28(14-19-7-6-8-20(25)11-19)23(30)15-29(34(5,32)33)21-10-9-17(3)22(26)12-21/h6-12,16,18H,13-15H2,1-5H3,(H,27,31). The minimum absolute atomic E-state index is 0.0852. The summed E-state index contributed by atoms with van der Waals surface area (Å²) < 4.78 is 26.2. The molecule has 186 valence electrons. The van der Waals surface area contributed by atoms with Crippen LogP contribution in [0.4, 0.5) is 5.69 Å². The third kappa shape index (κ3) is 7.89. The van der Waals surface area contributed by atoms with Crippen molar-refractivity contribution in [3.63, 3.8) is 0 Å². The van der Waals surface area contributed by atoms with Crippen LogP contribution in [0, 0.1) is 12.8 Å². The molecule has 0 saturated heterocycles. The number of halogens is 2. The topological polar surface area (TPSA) is 86.8 Å². The van der Waals surface area contributed by atoms with Gasteiger partial charge in [-0.3, -0.25) is 13.9 Å². The van der Waals surface area contributed by atoms with Gasteiger partial charge in [-0.25, -0.2) is 8.42 Å². The number of carbonyl (C=O) groups excluding carboxylic acids is 2. The molecule has 0 spiro atoms. The molecular weight excluding hydrogens is 497 g/mol. The summed E-state index contributed by atoms with van der Waals surface area (Å²) in [6, 6.07) is 10.9. The molecule has 2 amide bonds. The molecule has 0 aromatic heterocycles. The summed E-state index contributed by atoms with van der Waals surface area (Å²) in [5.74, 6) is -0.622. The quantitative estimate of drug-likeness (QED) is 0.500. The van der Waals surface area contributed by atoms with Gasteiger partial charge in [-0.2, -0.15) is 0 Å². The normalized spacial score (nSPS) is 12.4. The number of rotatable bonds is 10. The lowest BCUT2D eigenvalue weighted by molar-refractivity contribution is -0.139. The first kappa shape index (κ1) is 28.0. The Morgan fingerprint density at radius 2 is 1.74 bits per heavy atom. The fraction of sp³-hybridized carbons (Fsp3) is 0.417. The van der Waals surface area contributed by atoms with Crippen molar-refractivity contribution in [3.8, 4) is 0 Å². The van der Waals surface area contributed by atoms with E-state index in [9.17, 15) is 18.0 Å². The number of hydrogen-bond acceptors (Lipinski definition) is 4. The van der Waals surface area contributed by atoms with Crippen molar-refractivity contribution < 1.29 is 18.0 Å². The molecule has 0 radical (unpaired) electrons. The Bertz CT molecular complexity index is 1140. The van der Waals surface area contributed by atoms with E-state index in [1.807, 2.05) is 13.8 Å². The van der Waals surface area contributed by atoms with E-state index in [1.165, 1.54) is 11.0 Å². The van der Waals surface area contributed by atoms with Gasteiger partial charge in [0, 0.05) is 23.1 Å². The number of nitrogens with one attached hydrogen (secondary N) is 1. The average molecular weight is 529 g/mol. The largest absolute Gasteiger partial charge is 0.354 e. The lowest BCUT2D eigenvalue weighted by atomic mass is 10.1. The maximum atomic E-state index is 13.5. The van der Waals surface area contributed by atoms with Crippen molar-refractivity contribution >= 4 is 50.7 Å². The number of nitrogens with zero attached hydrogens (tertiary/aromatic N) is 2. The van der Waals surface area contributed by atoms with Crippen molar-refractivity contribution in [3.05, 3.63) is 63.6 Å². The first-order valence-corrected chi connectivity index (χ1v) is 13.5. The van der Waals surface area contributed by atoms with Crippen LogP contribution >= 0.6 is 23.2 Å². The molecule has 10 heteroatoms.